The van der Waals surface area contributed by atoms with E-state index in [4.69, 9.17) is 9.83 Å². The molecule has 2 unspecified atom stereocenters. The van der Waals surface area contributed by atoms with Crippen LogP contribution in [-0.2, 0) is 12.8 Å². The van der Waals surface area contributed by atoms with Gasteiger partial charge in [-0.3, -0.25) is 0 Å². The number of benzene rings is 6. The lowest BCUT2D eigenvalue weighted by molar-refractivity contribution is 0.666. The molecule has 0 saturated heterocycles. The molecule has 2 heteroatoms. The van der Waals surface area contributed by atoms with E-state index >= 15 is 0 Å². The van der Waals surface area contributed by atoms with Gasteiger partial charge in [0.2, 0.25) is 0 Å². The third-order valence-electron chi connectivity index (χ3n) is 13.0. The van der Waals surface area contributed by atoms with Gasteiger partial charge in [0, 0.05) is 28.3 Å². The van der Waals surface area contributed by atoms with Crippen LogP contribution in [0.15, 0.2) is 180 Å². The predicted octanol–water partition coefficient (Wildman–Crippen LogP) is 18.7. The standard InChI is InChI=1S/C36H31NO.C16H18.C10H14.C2H6/c1-22(18-23(2)37)26-10-6-11-27(19-26)24-8-5-9-25(17-16-24)28-20-32-30-13-4-3-12-29(30)31-14-7-15-33-35(31)36(32)34(21-28)38-33;1-3-8-14-10-5-7-12-16(14)15-11-6-4-9-13(15)2;1-2-3-7-10-8-5-4-6-9-10;1-2/h3-12,14-15,18-21,25,30,37H,13,16-17H2,1-2H3;4-7,9-12H,3,8H2,1-2H3;4-6,8-9H,2-3,7H2,1H3;1-2H3/b22-18+,37-23?;;;. The van der Waals surface area contributed by atoms with Crippen LogP contribution in [0.3, 0.4) is 0 Å². The van der Waals surface area contributed by atoms with Crippen molar-refractivity contribution in [3.63, 3.8) is 0 Å². The van der Waals surface area contributed by atoms with Crippen LogP contribution in [0.25, 0.3) is 49.8 Å². The summed E-state index contributed by atoms with van der Waals surface area (Å²) in [4.78, 5) is 0. The second-order valence-electron chi connectivity index (χ2n) is 17.7. The molecule has 1 N–H and O–H groups in total. The van der Waals surface area contributed by atoms with E-state index in [9.17, 15) is 0 Å². The largest absolute Gasteiger partial charge is 0.456 e. The number of fused-ring (bicyclic) bond motifs is 3. The van der Waals surface area contributed by atoms with Crippen LogP contribution in [0.2, 0.25) is 0 Å². The fourth-order valence-corrected chi connectivity index (χ4v) is 9.79. The summed E-state index contributed by atoms with van der Waals surface area (Å²) >= 11 is 0. The van der Waals surface area contributed by atoms with Crippen molar-refractivity contribution in [3.05, 3.63) is 220 Å². The third-order valence-corrected chi connectivity index (χ3v) is 13.0. The lowest BCUT2D eigenvalue weighted by Gasteiger charge is -2.28. The second kappa shape index (κ2) is 23.1. The van der Waals surface area contributed by atoms with Gasteiger partial charge in [-0.2, -0.15) is 0 Å². The fourth-order valence-electron chi connectivity index (χ4n) is 9.79. The van der Waals surface area contributed by atoms with Gasteiger partial charge in [-0.05, 0) is 156 Å². The van der Waals surface area contributed by atoms with Gasteiger partial charge in [-0.15, -0.1) is 0 Å². The second-order valence-corrected chi connectivity index (χ2v) is 17.7. The lowest BCUT2D eigenvalue weighted by Crippen LogP contribution is -2.09. The summed E-state index contributed by atoms with van der Waals surface area (Å²) in [5.74, 6) is 0.737. The zero-order valence-electron chi connectivity index (χ0n) is 40.5. The van der Waals surface area contributed by atoms with Gasteiger partial charge in [0.15, 0.2) is 0 Å². The Morgan fingerprint density at radius 1 is 0.697 bits per heavy atom. The van der Waals surface area contributed by atoms with Crippen molar-refractivity contribution in [2.24, 2.45) is 0 Å². The van der Waals surface area contributed by atoms with Gasteiger partial charge in [-0.1, -0.05) is 192 Å². The molecule has 1 heterocycles. The number of aryl methyl sites for hydroxylation is 3. The zero-order chi connectivity index (χ0) is 46.4. The number of nitrogens with one attached hydrogen (secondary N) is 1. The van der Waals surface area contributed by atoms with Crippen LogP contribution >= 0.6 is 0 Å². The highest BCUT2D eigenvalue weighted by Gasteiger charge is 2.31. The molecule has 336 valence electrons. The van der Waals surface area contributed by atoms with Crippen LogP contribution in [0.4, 0.5) is 0 Å². The molecular formula is C64H69NO. The van der Waals surface area contributed by atoms with Gasteiger partial charge in [0.1, 0.15) is 11.2 Å². The highest BCUT2D eigenvalue weighted by molar-refractivity contribution is 6.15. The SMILES string of the molecule is CC.CC(=N)/C=C(\C)c1cccc(C2=CC=CC(c3cc4c5c(c3)oc3cccc(c35)C3=CC=CCC34)CC2)c1.CCCCc1ccccc1.CCCc1ccccc1-c1ccccc1C. The van der Waals surface area contributed by atoms with Crippen LogP contribution in [-0.4, -0.2) is 5.71 Å². The average molecular weight is 868 g/mol. The monoisotopic (exact) mass is 868 g/mol. The molecule has 3 aliphatic rings. The summed E-state index contributed by atoms with van der Waals surface area (Å²) in [6, 6.07) is 48.0. The molecule has 7 aromatic rings. The summed E-state index contributed by atoms with van der Waals surface area (Å²) in [6.45, 7) is 14.5. The molecule has 0 amide bonds. The van der Waals surface area contributed by atoms with Gasteiger partial charge in [-0.25, -0.2) is 0 Å². The smallest absolute Gasteiger partial charge is 0.136 e. The molecule has 0 radical (unpaired) electrons. The quantitative estimate of drug-likeness (QED) is 0.137. The highest BCUT2D eigenvalue weighted by Crippen LogP contribution is 2.51. The number of hydrogen-bond acceptors (Lipinski definition) is 2. The molecule has 1 aromatic heterocycles. The van der Waals surface area contributed by atoms with Gasteiger partial charge < -0.3 is 9.83 Å². The first-order valence-electron chi connectivity index (χ1n) is 24.6. The Morgan fingerprint density at radius 2 is 1.44 bits per heavy atom. The number of hydrogen-bond donors (Lipinski definition) is 1. The Balaban J connectivity index is 0.000000190. The van der Waals surface area contributed by atoms with Crippen molar-refractivity contribution in [1.29, 1.82) is 5.41 Å². The van der Waals surface area contributed by atoms with Crippen molar-refractivity contribution >= 4 is 44.4 Å². The third kappa shape index (κ3) is 11.1. The fraction of sp³-hybridized carbons (Fsp3) is 0.266. The molecule has 0 spiro atoms. The Labute approximate surface area is 395 Å². The summed E-state index contributed by atoms with van der Waals surface area (Å²) < 4.78 is 6.47. The van der Waals surface area contributed by atoms with E-state index in [-0.39, 0.29) is 0 Å². The van der Waals surface area contributed by atoms with Crippen LogP contribution in [0.1, 0.15) is 136 Å². The molecule has 2 nitrogen and oxygen atoms in total. The zero-order valence-corrected chi connectivity index (χ0v) is 40.5. The summed E-state index contributed by atoms with van der Waals surface area (Å²) in [5, 5.41) is 10.4. The first-order chi connectivity index (χ1) is 32.3. The van der Waals surface area contributed by atoms with E-state index < -0.39 is 0 Å². The maximum Gasteiger partial charge on any atom is 0.136 e. The molecule has 66 heavy (non-hydrogen) atoms. The molecule has 10 rings (SSSR count). The molecular weight excluding hydrogens is 799 g/mol. The minimum Gasteiger partial charge on any atom is -0.456 e. The molecule has 0 fully saturated rings. The van der Waals surface area contributed by atoms with Crippen molar-refractivity contribution in [1.82, 2.24) is 0 Å². The van der Waals surface area contributed by atoms with Gasteiger partial charge in [0.25, 0.3) is 0 Å². The van der Waals surface area contributed by atoms with Crippen molar-refractivity contribution < 1.29 is 4.42 Å². The summed E-state index contributed by atoms with van der Waals surface area (Å²) in [5.41, 5.74) is 20.1. The van der Waals surface area contributed by atoms with E-state index in [2.05, 4.69) is 198 Å². The molecule has 0 aliphatic heterocycles. The summed E-state index contributed by atoms with van der Waals surface area (Å²) in [6.07, 6.45) is 24.9. The van der Waals surface area contributed by atoms with E-state index in [0.29, 0.717) is 17.5 Å². The van der Waals surface area contributed by atoms with Gasteiger partial charge in [0.05, 0.1) is 0 Å². The maximum absolute atomic E-state index is 7.81. The molecule has 6 aromatic carbocycles. The highest BCUT2D eigenvalue weighted by atomic mass is 16.3. The van der Waals surface area contributed by atoms with Crippen LogP contribution in [0, 0.1) is 12.3 Å². The van der Waals surface area contributed by atoms with Crippen molar-refractivity contribution in [2.75, 3.05) is 0 Å². The van der Waals surface area contributed by atoms with Crippen LogP contribution < -0.4 is 0 Å². The topological polar surface area (TPSA) is 37.0 Å². The van der Waals surface area contributed by atoms with Crippen molar-refractivity contribution in [2.45, 2.75) is 112 Å². The number of rotatable bonds is 10. The molecule has 3 aliphatic carbocycles. The predicted molar refractivity (Wildman–Crippen MR) is 288 cm³/mol. The minimum absolute atomic E-state index is 0.343. The first-order valence-corrected chi connectivity index (χ1v) is 24.6. The Morgan fingerprint density at radius 3 is 2.21 bits per heavy atom. The average Bonchev–Trinajstić information content (AvgIpc) is 3.56. The lowest BCUT2D eigenvalue weighted by atomic mass is 9.74. The van der Waals surface area contributed by atoms with E-state index in [0.717, 1.165) is 42.4 Å². The maximum atomic E-state index is 7.81. The molecule has 2 atom stereocenters. The van der Waals surface area contributed by atoms with Crippen LogP contribution in [0.5, 0.6) is 0 Å². The number of unbranched alkanes of at least 4 members (excludes halogenated alkanes) is 1. The van der Waals surface area contributed by atoms with E-state index in [1.165, 1.54) is 103 Å². The Kier molecular flexibility index (Phi) is 16.6. The number of furan rings is 1. The van der Waals surface area contributed by atoms with E-state index in [1.54, 1.807) is 0 Å². The number of allylic oxidation sites excluding steroid dienone is 10. The normalized spacial score (nSPS) is 15.8. The Bertz CT molecular complexity index is 2910. The summed E-state index contributed by atoms with van der Waals surface area (Å²) in [7, 11) is 0. The first kappa shape index (κ1) is 47.5. The minimum atomic E-state index is 0.343. The Hall–Kier alpha value is -6.51. The molecule has 0 saturated carbocycles. The molecule has 0 bridgehead atoms. The van der Waals surface area contributed by atoms with Crippen molar-refractivity contribution in [3.8, 4) is 11.1 Å². The van der Waals surface area contributed by atoms with E-state index in [1.807, 2.05) is 26.8 Å². The van der Waals surface area contributed by atoms with Gasteiger partial charge >= 0.3 is 0 Å².